The van der Waals surface area contributed by atoms with Crippen LogP contribution >= 0.6 is 0 Å². The van der Waals surface area contributed by atoms with Gasteiger partial charge in [0.15, 0.2) is 0 Å². The number of carbonyl (C=O) groups excluding carboxylic acids is 1. The molecule has 1 aromatic rings. The minimum absolute atomic E-state index is 0.0511. The summed E-state index contributed by atoms with van der Waals surface area (Å²) < 4.78 is 11.2. The number of nitrogens with one attached hydrogen (secondary N) is 1. The summed E-state index contributed by atoms with van der Waals surface area (Å²) in [7, 11) is 0. The SMILES string of the molecule is C[C@]12CC[C@H](OC(=O)N3CCNCC3)C=C1CC[C@@H]1[C@@H]2CC[C@]2(C)[C@@H](c3ccc(=O)oc3)CC[C@]12O. The molecule has 2 N–H and O–H groups in total. The standard InChI is InChI=1S/C29H40N2O5/c1-27-10-7-21(36-26(33)31-15-13-30-14-16-31)17-20(27)4-5-24-23(27)8-11-28(2)22(9-12-29(24,28)34)19-3-6-25(32)35-18-19/h3,6,17-18,21-24,30,34H,4-5,7-16H2,1-2H3/t21-,22+,23-,24+,27-,28+,29-/m0/s1. The molecule has 4 aliphatic carbocycles. The average Bonchev–Trinajstić information content (AvgIpc) is 3.16. The van der Waals surface area contributed by atoms with Gasteiger partial charge in [0.05, 0.1) is 11.9 Å². The highest BCUT2D eigenvalue weighted by Crippen LogP contribution is 2.70. The highest BCUT2D eigenvalue weighted by molar-refractivity contribution is 5.68. The van der Waals surface area contributed by atoms with Crippen LogP contribution in [0.4, 0.5) is 4.79 Å². The number of nitrogens with zero attached hydrogens (tertiary/aromatic N) is 1. The maximum absolute atomic E-state index is 12.7. The third-order valence-electron chi connectivity index (χ3n) is 11.0. The van der Waals surface area contributed by atoms with E-state index in [1.54, 1.807) is 6.26 Å². The lowest BCUT2D eigenvalue weighted by Crippen LogP contribution is -2.60. The maximum Gasteiger partial charge on any atom is 0.410 e. The summed E-state index contributed by atoms with van der Waals surface area (Å²) in [5.74, 6) is 0.907. The smallest absolute Gasteiger partial charge is 0.410 e. The predicted octanol–water partition coefficient (Wildman–Crippen LogP) is 4.21. The first-order valence-corrected chi connectivity index (χ1v) is 13.9. The zero-order chi connectivity index (χ0) is 25.1. The number of rotatable bonds is 2. The van der Waals surface area contributed by atoms with Gasteiger partial charge in [-0.2, -0.15) is 0 Å². The number of fused-ring (bicyclic) bond motifs is 5. The van der Waals surface area contributed by atoms with Crippen molar-refractivity contribution in [2.45, 2.75) is 82.8 Å². The molecule has 0 spiro atoms. The van der Waals surface area contributed by atoms with Gasteiger partial charge in [0.25, 0.3) is 0 Å². The van der Waals surface area contributed by atoms with Gasteiger partial charge in [-0.25, -0.2) is 9.59 Å². The molecule has 2 heterocycles. The van der Waals surface area contributed by atoms with Gasteiger partial charge in [-0.1, -0.05) is 19.4 Å². The molecule has 1 amide bonds. The number of hydrogen-bond donors (Lipinski definition) is 2. The number of carbonyl (C=O) groups is 1. The number of allylic oxidation sites excluding steroid dienone is 1. The second kappa shape index (κ2) is 8.73. The second-order valence-corrected chi connectivity index (χ2v) is 12.4. The third kappa shape index (κ3) is 3.60. The van der Waals surface area contributed by atoms with Gasteiger partial charge >= 0.3 is 11.7 Å². The van der Waals surface area contributed by atoms with E-state index in [0.29, 0.717) is 19.0 Å². The van der Waals surface area contributed by atoms with Crippen molar-refractivity contribution in [1.29, 1.82) is 0 Å². The fourth-order valence-electron chi connectivity index (χ4n) is 8.91. The van der Waals surface area contributed by atoms with E-state index in [0.717, 1.165) is 70.0 Å². The van der Waals surface area contributed by atoms with E-state index in [1.165, 1.54) is 11.6 Å². The third-order valence-corrected chi connectivity index (χ3v) is 11.0. The highest BCUT2D eigenvalue weighted by atomic mass is 16.6. The molecule has 6 rings (SSSR count). The van der Waals surface area contributed by atoms with E-state index in [-0.39, 0.29) is 40.5 Å². The lowest BCUT2D eigenvalue weighted by Gasteiger charge is -2.61. The number of piperazine rings is 1. The largest absolute Gasteiger partial charge is 0.442 e. The fourth-order valence-corrected chi connectivity index (χ4v) is 8.91. The molecule has 1 saturated heterocycles. The van der Waals surface area contributed by atoms with Crippen molar-refractivity contribution in [2.75, 3.05) is 26.2 Å². The van der Waals surface area contributed by atoms with Crippen LogP contribution in [0.2, 0.25) is 0 Å². The van der Waals surface area contributed by atoms with Crippen LogP contribution in [-0.2, 0) is 4.74 Å². The van der Waals surface area contributed by atoms with Crippen LogP contribution in [0.5, 0.6) is 0 Å². The van der Waals surface area contributed by atoms with E-state index in [4.69, 9.17) is 9.15 Å². The molecule has 3 saturated carbocycles. The van der Waals surface area contributed by atoms with Gasteiger partial charge in [-0.3, -0.25) is 0 Å². The van der Waals surface area contributed by atoms with Gasteiger partial charge in [0.2, 0.25) is 0 Å². The quantitative estimate of drug-likeness (QED) is 0.596. The molecule has 0 radical (unpaired) electrons. The first kappa shape index (κ1) is 24.2. The fraction of sp³-hybridized carbons (Fsp3) is 0.724. The topological polar surface area (TPSA) is 92.0 Å². The minimum atomic E-state index is -0.711. The number of hydrogen-bond acceptors (Lipinski definition) is 6. The van der Waals surface area contributed by atoms with Crippen molar-refractivity contribution in [3.63, 3.8) is 0 Å². The molecule has 0 bridgehead atoms. The van der Waals surface area contributed by atoms with E-state index >= 15 is 0 Å². The van der Waals surface area contributed by atoms with Crippen molar-refractivity contribution in [2.24, 2.45) is 22.7 Å². The molecule has 5 aliphatic rings. The van der Waals surface area contributed by atoms with Crippen LogP contribution in [0.25, 0.3) is 0 Å². The van der Waals surface area contributed by atoms with Gasteiger partial charge in [-0.15, -0.1) is 0 Å². The summed E-state index contributed by atoms with van der Waals surface area (Å²) in [6.07, 6.45) is 11.1. The van der Waals surface area contributed by atoms with Crippen LogP contribution in [0.1, 0.15) is 76.7 Å². The van der Waals surface area contributed by atoms with Crippen LogP contribution in [0.15, 0.2) is 39.3 Å². The van der Waals surface area contributed by atoms with E-state index in [2.05, 4.69) is 25.2 Å². The van der Waals surface area contributed by atoms with Gasteiger partial charge < -0.3 is 24.5 Å². The van der Waals surface area contributed by atoms with Crippen molar-refractivity contribution < 1.29 is 19.1 Å². The minimum Gasteiger partial charge on any atom is -0.442 e. The Balaban J connectivity index is 1.21. The summed E-state index contributed by atoms with van der Waals surface area (Å²) in [6, 6.07) is 3.40. The molecular formula is C29H40N2O5. The number of ether oxygens (including phenoxy) is 1. The average molecular weight is 497 g/mol. The molecule has 196 valence electrons. The Labute approximate surface area is 213 Å². The van der Waals surface area contributed by atoms with Crippen molar-refractivity contribution in [3.8, 4) is 0 Å². The Morgan fingerprint density at radius 3 is 2.64 bits per heavy atom. The van der Waals surface area contributed by atoms with Crippen LogP contribution in [0, 0.1) is 22.7 Å². The molecule has 7 atom stereocenters. The van der Waals surface area contributed by atoms with E-state index in [1.807, 2.05) is 11.0 Å². The normalized spacial score (nSPS) is 42.1. The number of amides is 1. The second-order valence-electron chi connectivity index (χ2n) is 12.4. The molecule has 7 heteroatoms. The summed E-state index contributed by atoms with van der Waals surface area (Å²) in [6.45, 7) is 7.72. The Morgan fingerprint density at radius 1 is 1.08 bits per heavy atom. The summed E-state index contributed by atoms with van der Waals surface area (Å²) >= 11 is 0. The van der Waals surface area contributed by atoms with Gasteiger partial charge in [0, 0.05) is 37.7 Å². The molecule has 1 aliphatic heterocycles. The summed E-state index contributed by atoms with van der Waals surface area (Å²) in [4.78, 5) is 26.0. The maximum atomic E-state index is 12.7. The molecular weight excluding hydrogens is 456 g/mol. The zero-order valence-corrected chi connectivity index (χ0v) is 21.6. The van der Waals surface area contributed by atoms with Crippen molar-refractivity contribution in [3.05, 3.63) is 46.0 Å². The van der Waals surface area contributed by atoms with Crippen LogP contribution < -0.4 is 10.9 Å². The Kier molecular flexibility index (Phi) is 5.87. The molecule has 0 unspecified atom stereocenters. The Bertz CT molecular complexity index is 1090. The summed E-state index contributed by atoms with van der Waals surface area (Å²) in [5.41, 5.74) is 1.27. The number of aliphatic hydroxyl groups is 1. The molecule has 1 aromatic heterocycles. The van der Waals surface area contributed by atoms with Gasteiger partial charge in [0.1, 0.15) is 6.10 Å². The first-order valence-electron chi connectivity index (χ1n) is 13.9. The predicted molar refractivity (Wildman–Crippen MR) is 136 cm³/mol. The lowest BCUT2D eigenvalue weighted by molar-refractivity contribution is -0.178. The van der Waals surface area contributed by atoms with Crippen molar-refractivity contribution in [1.82, 2.24) is 10.2 Å². The van der Waals surface area contributed by atoms with E-state index < -0.39 is 5.60 Å². The van der Waals surface area contributed by atoms with Crippen LogP contribution in [0.3, 0.4) is 0 Å². The lowest BCUT2D eigenvalue weighted by atomic mass is 9.45. The van der Waals surface area contributed by atoms with Crippen LogP contribution in [-0.4, -0.2) is 54.0 Å². The Hall–Kier alpha value is -2.12. The van der Waals surface area contributed by atoms with Crippen molar-refractivity contribution >= 4 is 6.09 Å². The Morgan fingerprint density at radius 2 is 1.89 bits per heavy atom. The molecule has 7 nitrogen and oxygen atoms in total. The first-order chi connectivity index (χ1) is 17.2. The molecule has 4 fully saturated rings. The molecule has 36 heavy (non-hydrogen) atoms. The monoisotopic (exact) mass is 496 g/mol. The highest BCUT2D eigenvalue weighted by Gasteiger charge is 2.66. The zero-order valence-electron chi connectivity index (χ0n) is 21.6. The van der Waals surface area contributed by atoms with E-state index in [9.17, 15) is 14.7 Å². The molecule has 0 aromatic carbocycles. The summed E-state index contributed by atoms with van der Waals surface area (Å²) in [5, 5.41) is 15.7. The van der Waals surface area contributed by atoms with Gasteiger partial charge in [-0.05, 0) is 92.2 Å².